The summed E-state index contributed by atoms with van der Waals surface area (Å²) in [6, 6.07) is 2.65. The zero-order chi connectivity index (χ0) is 14.2. The molecule has 0 aromatic carbocycles. The number of nitrogens with zero attached hydrogens (tertiary/aromatic N) is 5. The second-order valence-corrected chi connectivity index (χ2v) is 6.63. The second-order valence-electron chi connectivity index (χ2n) is 5.72. The molecule has 2 aliphatic rings. The number of hydrogen-bond acceptors (Lipinski definition) is 4. The predicted octanol–water partition coefficient (Wildman–Crippen LogP) is 1.82. The SMILES string of the molecule is Brc1cnn(C2CCN(Cc3cc4n(n3)CCOC4)C2)c1. The van der Waals surface area contributed by atoms with Crippen LogP contribution in [-0.2, 0) is 24.4 Å². The maximum absolute atomic E-state index is 5.47. The first kappa shape index (κ1) is 13.5. The van der Waals surface area contributed by atoms with Crippen molar-refractivity contribution < 1.29 is 4.74 Å². The molecule has 0 amide bonds. The maximum Gasteiger partial charge on any atom is 0.0885 e. The Labute approximate surface area is 131 Å². The van der Waals surface area contributed by atoms with Crippen LogP contribution in [0.1, 0.15) is 23.9 Å². The second kappa shape index (κ2) is 5.55. The summed E-state index contributed by atoms with van der Waals surface area (Å²) in [4.78, 5) is 2.45. The first-order chi connectivity index (χ1) is 10.3. The highest BCUT2D eigenvalue weighted by Crippen LogP contribution is 2.24. The van der Waals surface area contributed by atoms with E-state index in [1.165, 1.54) is 5.69 Å². The number of fused-ring (bicyclic) bond motifs is 1. The molecule has 4 rings (SSSR count). The van der Waals surface area contributed by atoms with E-state index in [9.17, 15) is 0 Å². The molecule has 6 nitrogen and oxygen atoms in total. The Balaban J connectivity index is 1.41. The van der Waals surface area contributed by atoms with Gasteiger partial charge in [-0.25, -0.2) is 0 Å². The van der Waals surface area contributed by atoms with Gasteiger partial charge in [-0.3, -0.25) is 14.3 Å². The molecular formula is C14H18BrN5O. The molecule has 1 saturated heterocycles. The van der Waals surface area contributed by atoms with Crippen LogP contribution < -0.4 is 0 Å². The molecule has 0 spiro atoms. The Morgan fingerprint density at radius 3 is 3.14 bits per heavy atom. The minimum atomic E-state index is 0.469. The summed E-state index contributed by atoms with van der Waals surface area (Å²) < 4.78 is 10.7. The molecule has 112 valence electrons. The van der Waals surface area contributed by atoms with Crippen LogP contribution in [-0.4, -0.2) is 44.2 Å². The average Bonchev–Trinajstić information content (AvgIpc) is 3.17. The van der Waals surface area contributed by atoms with Crippen molar-refractivity contribution >= 4 is 15.9 Å². The van der Waals surface area contributed by atoms with E-state index in [-0.39, 0.29) is 0 Å². The molecule has 2 aromatic rings. The zero-order valence-electron chi connectivity index (χ0n) is 11.8. The molecule has 1 atom stereocenters. The largest absolute Gasteiger partial charge is 0.373 e. The molecule has 0 saturated carbocycles. The summed E-state index contributed by atoms with van der Waals surface area (Å²) in [5.74, 6) is 0. The summed E-state index contributed by atoms with van der Waals surface area (Å²) in [5, 5.41) is 9.08. The van der Waals surface area contributed by atoms with E-state index in [1.807, 2.05) is 6.20 Å². The van der Waals surface area contributed by atoms with Crippen molar-refractivity contribution in [3.8, 4) is 0 Å². The lowest BCUT2D eigenvalue weighted by Crippen LogP contribution is -2.22. The molecule has 1 fully saturated rings. The number of rotatable bonds is 3. The summed E-state index contributed by atoms with van der Waals surface area (Å²) in [6.07, 6.45) is 5.05. The smallest absolute Gasteiger partial charge is 0.0885 e. The first-order valence-corrected chi connectivity index (χ1v) is 8.12. The van der Waals surface area contributed by atoms with Gasteiger partial charge in [0.2, 0.25) is 0 Å². The van der Waals surface area contributed by atoms with Crippen molar-refractivity contribution in [1.29, 1.82) is 0 Å². The van der Waals surface area contributed by atoms with Crippen LogP contribution in [0.5, 0.6) is 0 Å². The summed E-state index contributed by atoms with van der Waals surface area (Å²) in [6.45, 7) is 5.39. The average molecular weight is 352 g/mol. The van der Waals surface area contributed by atoms with E-state index < -0.39 is 0 Å². The normalized spacial score (nSPS) is 22.6. The van der Waals surface area contributed by atoms with Gasteiger partial charge in [0.05, 0.1) is 47.9 Å². The van der Waals surface area contributed by atoms with Crippen LogP contribution in [0.3, 0.4) is 0 Å². The van der Waals surface area contributed by atoms with E-state index in [2.05, 4.69) is 52.7 Å². The number of halogens is 1. The van der Waals surface area contributed by atoms with Gasteiger partial charge >= 0.3 is 0 Å². The van der Waals surface area contributed by atoms with Crippen molar-refractivity contribution in [1.82, 2.24) is 24.5 Å². The fraction of sp³-hybridized carbons (Fsp3) is 0.571. The molecule has 1 unspecified atom stereocenters. The predicted molar refractivity (Wildman–Crippen MR) is 80.7 cm³/mol. The van der Waals surface area contributed by atoms with Crippen molar-refractivity contribution in [3.05, 3.63) is 34.3 Å². The number of ether oxygens (including phenoxy) is 1. The molecule has 2 aromatic heterocycles. The van der Waals surface area contributed by atoms with Crippen LogP contribution in [0.2, 0.25) is 0 Å². The molecule has 2 aliphatic heterocycles. The molecular weight excluding hydrogens is 334 g/mol. The van der Waals surface area contributed by atoms with E-state index in [0.29, 0.717) is 12.6 Å². The Morgan fingerprint density at radius 2 is 2.33 bits per heavy atom. The Morgan fingerprint density at radius 1 is 1.38 bits per heavy atom. The van der Waals surface area contributed by atoms with Crippen LogP contribution in [0.25, 0.3) is 0 Å². The zero-order valence-corrected chi connectivity index (χ0v) is 13.4. The third kappa shape index (κ3) is 2.77. The monoisotopic (exact) mass is 351 g/mol. The first-order valence-electron chi connectivity index (χ1n) is 7.33. The number of hydrogen-bond donors (Lipinski definition) is 0. The minimum Gasteiger partial charge on any atom is -0.373 e. The number of likely N-dealkylation sites (tertiary alicyclic amines) is 1. The lowest BCUT2D eigenvalue weighted by molar-refractivity contribution is 0.0799. The molecule has 0 aliphatic carbocycles. The molecule has 0 radical (unpaired) electrons. The molecule has 7 heteroatoms. The lowest BCUT2D eigenvalue weighted by Gasteiger charge is -2.14. The van der Waals surface area contributed by atoms with E-state index in [1.54, 1.807) is 0 Å². The summed E-state index contributed by atoms with van der Waals surface area (Å²) in [7, 11) is 0. The van der Waals surface area contributed by atoms with Crippen molar-refractivity contribution in [2.45, 2.75) is 32.2 Å². The van der Waals surface area contributed by atoms with Gasteiger partial charge in [-0.1, -0.05) is 0 Å². The number of aromatic nitrogens is 4. The fourth-order valence-corrected chi connectivity index (χ4v) is 3.45. The van der Waals surface area contributed by atoms with Crippen LogP contribution in [0.4, 0.5) is 0 Å². The van der Waals surface area contributed by atoms with E-state index in [0.717, 1.165) is 49.4 Å². The Hall–Kier alpha value is -1.18. The van der Waals surface area contributed by atoms with Gasteiger partial charge in [-0.15, -0.1) is 0 Å². The maximum atomic E-state index is 5.47. The van der Waals surface area contributed by atoms with E-state index in [4.69, 9.17) is 4.74 Å². The van der Waals surface area contributed by atoms with Crippen LogP contribution in [0, 0.1) is 0 Å². The molecule has 21 heavy (non-hydrogen) atoms. The lowest BCUT2D eigenvalue weighted by atomic mass is 10.3. The molecule has 0 N–H and O–H groups in total. The van der Waals surface area contributed by atoms with Gasteiger partial charge in [-0.05, 0) is 28.4 Å². The fourth-order valence-electron chi connectivity index (χ4n) is 3.15. The van der Waals surface area contributed by atoms with Gasteiger partial charge in [0.15, 0.2) is 0 Å². The standard InChI is InChI=1S/C14H18BrN5O/c15-11-6-16-20(7-11)13-1-2-18(9-13)8-12-5-14-10-21-4-3-19(14)17-12/h5-7,13H,1-4,8-10H2. The van der Waals surface area contributed by atoms with Crippen molar-refractivity contribution in [2.24, 2.45) is 0 Å². The Bertz CT molecular complexity index is 614. The van der Waals surface area contributed by atoms with Gasteiger partial charge in [0.1, 0.15) is 0 Å². The summed E-state index contributed by atoms with van der Waals surface area (Å²) in [5.41, 5.74) is 2.35. The highest BCUT2D eigenvalue weighted by Gasteiger charge is 2.25. The van der Waals surface area contributed by atoms with Gasteiger partial charge in [0, 0.05) is 25.8 Å². The van der Waals surface area contributed by atoms with Crippen LogP contribution >= 0.6 is 15.9 Å². The highest BCUT2D eigenvalue weighted by molar-refractivity contribution is 9.10. The third-order valence-corrected chi connectivity index (χ3v) is 4.60. The molecule has 4 heterocycles. The van der Waals surface area contributed by atoms with Gasteiger partial charge < -0.3 is 4.74 Å². The van der Waals surface area contributed by atoms with Crippen molar-refractivity contribution in [3.63, 3.8) is 0 Å². The van der Waals surface area contributed by atoms with E-state index >= 15 is 0 Å². The third-order valence-electron chi connectivity index (χ3n) is 4.19. The van der Waals surface area contributed by atoms with Gasteiger partial charge in [-0.2, -0.15) is 10.2 Å². The molecule has 0 bridgehead atoms. The topological polar surface area (TPSA) is 48.1 Å². The summed E-state index contributed by atoms with van der Waals surface area (Å²) >= 11 is 3.46. The van der Waals surface area contributed by atoms with Crippen LogP contribution in [0.15, 0.2) is 22.9 Å². The Kier molecular flexibility index (Phi) is 3.56. The highest BCUT2D eigenvalue weighted by atomic mass is 79.9. The van der Waals surface area contributed by atoms with Gasteiger partial charge in [0.25, 0.3) is 0 Å². The van der Waals surface area contributed by atoms with Crippen molar-refractivity contribution in [2.75, 3.05) is 19.7 Å². The minimum absolute atomic E-state index is 0.469. The quantitative estimate of drug-likeness (QED) is 0.846.